The van der Waals surface area contributed by atoms with E-state index in [0.29, 0.717) is 5.92 Å². The number of thiazole rings is 1. The van der Waals surface area contributed by atoms with Crippen LogP contribution in [0.5, 0.6) is 0 Å². The second kappa shape index (κ2) is 5.43. The zero-order valence-electron chi connectivity index (χ0n) is 12.3. The van der Waals surface area contributed by atoms with Gasteiger partial charge in [0.25, 0.3) is 0 Å². The van der Waals surface area contributed by atoms with Gasteiger partial charge in [0.2, 0.25) is 0 Å². The van der Waals surface area contributed by atoms with Gasteiger partial charge in [-0.05, 0) is 48.9 Å². The molecule has 0 saturated heterocycles. The molecule has 1 aromatic carbocycles. The Hall–Kier alpha value is -1.19. The smallest absolute Gasteiger partial charge is 0.114 e. The first-order valence-electron chi connectivity index (χ1n) is 6.68. The molecule has 0 aliphatic carbocycles. The van der Waals surface area contributed by atoms with Crippen molar-refractivity contribution in [1.29, 1.82) is 0 Å². The largest absolute Gasteiger partial charge is 0.318 e. The van der Waals surface area contributed by atoms with Crippen molar-refractivity contribution in [3.63, 3.8) is 0 Å². The standard InChI is InChI=1S/C16H22N2S/c1-9(2)14-8-19-16(18-14)15(17)13-7-11(4)10(3)6-12(13)5/h6-9,15H,17H2,1-5H3. The van der Waals surface area contributed by atoms with Crippen molar-refractivity contribution >= 4 is 11.3 Å². The lowest BCUT2D eigenvalue weighted by Gasteiger charge is -2.15. The van der Waals surface area contributed by atoms with Gasteiger partial charge in [-0.1, -0.05) is 26.0 Å². The molecule has 0 saturated carbocycles. The molecule has 0 aliphatic rings. The molecule has 1 unspecified atom stereocenters. The van der Waals surface area contributed by atoms with Crippen molar-refractivity contribution in [3.05, 3.63) is 50.5 Å². The molecule has 1 heterocycles. The van der Waals surface area contributed by atoms with Gasteiger partial charge in [0.05, 0.1) is 11.7 Å². The second-order valence-corrected chi connectivity index (χ2v) is 6.43. The number of hydrogen-bond acceptors (Lipinski definition) is 3. The number of nitrogens with zero attached hydrogens (tertiary/aromatic N) is 1. The van der Waals surface area contributed by atoms with Gasteiger partial charge in [-0.25, -0.2) is 4.98 Å². The maximum Gasteiger partial charge on any atom is 0.114 e. The van der Waals surface area contributed by atoms with Gasteiger partial charge in [-0.15, -0.1) is 11.3 Å². The Balaban J connectivity index is 2.38. The zero-order chi connectivity index (χ0) is 14.2. The van der Waals surface area contributed by atoms with Crippen LogP contribution in [0.15, 0.2) is 17.5 Å². The van der Waals surface area contributed by atoms with Crippen LogP contribution in [0.1, 0.15) is 58.8 Å². The molecule has 102 valence electrons. The third-order valence-corrected chi connectivity index (χ3v) is 4.56. The topological polar surface area (TPSA) is 38.9 Å². The number of aryl methyl sites for hydroxylation is 3. The van der Waals surface area contributed by atoms with Gasteiger partial charge in [0, 0.05) is 5.38 Å². The van der Waals surface area contributed by atoms with Crippen LogP contribution in [-0.2, 0) is 0 Å². The fourth-order valence-electron chi connectivity index (χ4n) is 2.16. The van der Waals surface area contributed by atoms with Crippen LogP contribution in [0, 0.1) is 20.8 Å². The molecule has 1 atom stereocenters. The summed E-state index contributed by atoms with van der Waals surface area (Å²) in [5.41, 5.74) is 12.6. The molecule has 0 spiro atoms. The summed E-state index contributed by atoms with van der Waals surface area (Å²) in [6, 6.07) is 4.30. The summed E-state index contributed by atoms with van der Waals surface area (Å²) in [5.74, 6) is 0.457. The normalized spacial score (nSPS) is 13.0. The zero-order valence-corrected chi connectivity index (χ0v) is 13.1. The third-order valence-electron chi connectivity index (χ3n) is 3.61. The van der Waals surface area contributed by atoms with Crippen LogP contribution in [0.3, 0.4) is 0 Å². The average molecular weight is 274 g/mol. The van der Waals surface area contributed by atoms with Crippen molar-refractivity contribution in [3.8, 4) is 0 Å². The minimum absolute atomic E-state index is 0.114. The summed E-state index contributed by atoms with van der Waals surface area (Å²) < 4.78 is 0. The van der Waals surface area contributed by atoms with Crippen LogP contribution in [-0.4, -0.2) is 4.98 Å². The van der Waals surface area contributed by atoms with E-state index in [1.807, 2.05) is 0 Å². The molecule has 1 aromatic heterocycles. The lowest BCUT2D eigenvalue weighted by molar-refractivity contribution is 0.792. The van der Waals surface area contributed by atoms with E-state index in [1.165, 1.54) is 22.3 Å². The third kappa shape index (κ3) is 2.88. The maximum atomic E-state index is 6.40. The van der Waals surface area contributed by atoms with Crippen LogP contribution in [0.4, 0.5) is 0 Å². The lowest BCUT2D eigenvalue weighted by atomic mass is 9.96. The van der Waals surface area contributed by atoms with Crippen LogP contribution < -0.4 is 5.73 Å². The molecule has 0 amide bonds. The minimum Gasteiger partial charge on any atom is -0.318 e. The fraction of sp³-hybridized carbons (Fsp3) is 0.438. The van der Waals surface area contributed by atoms with E-state index in [1.54, 1.807) is 11.3 Å². The van der Waals surface area contributed by atoms with Crippen LogP contribution in [0.25, 0.3) is 0 Å². The second-order valence-electron chi connectivity index (χ2n) is 5.54. The van der Waals surface area contributed by atoms with Gasteiger partial charge >= 0.3 is 0 Å². The number of hydrogen-bond donors (Lipinski definition) is 1. The highest BCUT2D eigenvalue weighted by atomic mass is 32.1. The van der Waals surface area contributed by atoms with Crippen molar-refractivity contribution in [2.75, 3.05) is 0 Å². The molecule has 2 N–H and O–H groups in total. The quantitative estimate of drug-likeness (QED) is 0.909. The first-order valence-corrected chi connectivity index (χ1v) is 7.56. The molecule has 0 bridgehead atoms. The summed E-state index contributed by atoms with van der Waals surface area (Å²) in [6.45, 7) is 10.7. The van der Waals surface area contributed by atoms with Crippen molar-refractivity contribution in [1.82, 2.24) is 4.98 Å². The fourth-order valence-corrected chi connectivity index (χ4v) is 3.16. The molecule has 2 aromatic rings. The summed E-state index contributed by atoms with van der Waals surface area (Å²) in [7, 11) is 0. The molecule has 3 heteroatoms. The van der Waals surface area contributed by atoms with E-state index in [0.717, 1.165) is 10.7 Å². The molecule has 0 fully saturated rings. The first kappa shape index (κ1) is 14.2. The van der Waals surface area contributed by atoms with Gasteiger partial charge in [-0.3, -0.25) is 0 Å². The van der Waals surface area contributed by atoms with Crippen LogP contribution in [0.2, 0.25) is 0 Å². The summed E-state index contributed by atoms with van der Waals surface area (Å²) in [6.07, 6.45) is 0. The molecule has 2 rings (SSSR count). The van der Waals surface area contributed by atoms with Crippen molar-refractivity contribution < 1.29 is 0 Å². The Kier molecular flexibility index (Phi) is 4.07. The minimum atomic E-state index is -0.114. The van der Waals surface area contributed by atoms with Crippen molar-refractivity contribution in [2.45, 2.75) is 46.6 Å². The highest BCUT2D eigenvalue weighted by molar-refractivity contribution is 7.09. The predicted octanol–water partition coefficient (Wildman–Crippen LogP) is 4.24. The number of aromatic nitrogens is 1. The van der Waals surface area contributed by atoms with Gasteiger partial charge in [-0.2, -0.15) is 0 Å². The molecule has 2 nitrogen and oxygen atoms in total. The van der Waals surface area contributed by atoms with E-state index in [2.05, 4.69) is 57.1 Å². The number of rotatable bonds is 3. The van der Waals surface area contributed by atoms with Gasteiger partial charge in [0.15, 0.2) is 0 Å². The van der Waals surface area contributed by atoms with E-state index < -0.39 is 0 Å². The SMILES string of the molecule is Cc1cc(C)c(C(N)c2nc(C(C)C)cs2)cc1C. The highest BCUT2D eigenvalue weighted by Gasteiger charge is 2.17. The van der Waals surface area contributed by atoms with Crippen molar-refractivity contribution in [2.24, 2.45) is 5.73 Å². The van der Waals surface area contributed by atoms with Gasteiger partial charge < -0.3 is 5.73 Å². The predicted molar refractivity (Wildman–Crippen MR) is 82.9 cm³/mol. The Morgan fingerprint density at radius 2 is 1.68 bits per heavy atom. The number of nitrogens with two attached hydrogens (primary N) is 1. The Morgan fingerprint density at radius 3 is 2.26 bits per heavy atom. The molecular weight excluding hydrogens is 252 g/mol. The molecule has 0 radical (unpaired) electrons. The van der Waals surface area contributed by atoms with Gasteiger partial charge in [0.1, 0.15) is 5.01 Å². The van der Waals surface area contributed by atoms with E-state index in [9.17, 15) is 0 Å². The summed E-state index contributed by atoms with van der Waals surface area (Å²) in [5, 5.41) is 3.13. The monoisotopic (exact) mass is 274 g/mol. The van der Waals surface area contributed by atoms with Crippen LogP contribution >= 0.6 is 11.3 Å². The Morgan fingerprint density at radius 1 is 1.05 bits per heavy atom. The maximum absolute atomic E-state index is 6.40. The lowest BCUT2D eigenvalue weighted by Crippen LogP contribution is -2.14. The van der Waals surface area contributed by atoms with E-state index in [-0.39, 0.29) is 6.04 Å². The molecule has 0 aliphatic heterocycles. The van der Waals surface area contributed by atoms with E-state index >= 15 is 0 Å². The van der Waals surface area contributed by atoms with E-state index in [4.69, 9.17) is 5.73 Å². The molecule has 19 heavy (non-hydrogen) atoms. The summed E-state index contributed by atoms with van der Waals surface area (Å²) in [4.78, 5) is 4.67. The summed E-state index contributed by atoms with van der Waals surface area (Å²) >= 11 is 1.66. The molecular formula is C16H22N2S. The average Bonchev–Trinajstić information content (AvgIpc) is 2.82. The first-order chi connectivity index (χ1) is 8.90. The number of benzene rings is 1. The highest BCUT2D eigenvalue weighted by Crippen LogP contribution is 2.29. The Labute approximate surface area is 119 Å². The Bertz CT molecular complexity index is 584.